The van der Waals surface area contributed by atoms with Gasteiger partial charge in [0.15, 0.2) is 0 Å². The monoisotopic (exact) mass is 226 g/mol. The van der Waals surface area contributed by atoms with Crippen molar-refractivity contribution in [1.82, 2.24) is 5.32 Å². The second-order valence-electron chi connectivity index (χ2n) is 6.07. The zero-order chi connectivity index (χ0) is 11.9. The van der Waals surface area contributed by atoms with Gasteiger partial charge in [-0.3, -0.25) is 0 Å². The molecule has 3 N–H and O–H groups in total. The van der Waals surface area contributed by atoms with Gasteiger partial charge in [-0.2, -0.15) is 0 Å². The van der Waals surface area contributed by atoms with E-state index in [0.717, 1.165) is 12.8 Å². The molecule has 0 heterocycles. The smallest absolute Gasteiger partial charge is 0.407 e. The Morgan fingerprint density at radius 3 is 2.50 bits per heavy atom. The van der Waals surface area contributed by atoms with Gasteiger partial charge in [0.1, 0.15) is 5.60 Å². The third-order valence-electron chi connectivity index (χ3n) is 3.69. The molecule has 0 spiro atoms. The number of carbonyl (C=O) groups is 1. The molecule has 92 valence electrons. The van der Waals surface area contributed by atoms with Gasteiger partial charge in [-0.1, -0.05) is 0 Å². The Morgan fingerprint density at radius 2 is 2.06 bits per heavy atom. The summed E-state index contributed by atoms with van der Waals surface area (Å²) in [5.41, 5.74) is 5.66. The van der Waals surface area contributed by atoms with Gasteiger partial charge in [0.2, 0.25) is 0 Å². The normalized spacial score (nSPS) is 37.5. The van der Waals surface area contributed by atoms with Gasteiger partial charge in [0.25, 0.3) is 0 Å². The van der Waals surface area contributed by atoms with Crippen molar-refractivity contribution >= 4 is 6.09 Å². The summed E-state index contributed by atoms with van der Waals surface area (Å²) in [5, 5.41) is 2.96. The molecule has 0 aromatic heterocycles. The maximum Gasteiger partial charge on any atom is 0.407 e. The number of rotatable bonds is 1. The van der Waals surface area contributed by atoms with Crippen molar-refractivity contribution in [1.29, 1.82) is 0 Å². The lowest BCUT2D eigenvalue weighted by Crippen LogP contribution is -2.43. The average Bonchev–Trinajstić information content (AvgIpc) is 2.57. The predicted molar refractivity (Wildman–Crippen MR) is 62.0 cm³/mol. The fourth-order valence-corrected chi connectivity index (χ4v) is 3.01. The van der Waals surface area contributed by atoms with E-state index < -0.39 is 5.60 Å². The van der Waals surface area contributed by atoms with E-state index in [2.05, 4.69) is 5.32 Å². The van der Waals surface area contributed by atoms with E-state index in [1.807, 2.05) is 20.8 Å². The van der Waals surface area contributed by atoms with Crippen molar-refractivity contribution < 1.29 is 9.53 Å². The van der Waals surface area contributed by atoms with Crippen molar-refractivity contribution in [3.63, 3.8) is 0 Å². The molecule has 2 saturated carbocycles. The summed E-state index contributed by atoms with van der Waals surface area (Å²) in [6.07, 6.45) is 3.08. The Labute approximate surface area is 96.9 Å². The van der Waals surface area contributed by atoms with Crippen LogP contribution in [0.5, 0.6) is 0 Å². The van der Waals surface area contributed by atoms with Crippen LogP contribution in [0.15, 0.2) is 0 Å². The molecule has 0 aromatic carbocycles. The molecule has 1 amide bonds. The number of nitrogens with one attached hydrogen (secondary N) is 1. The molecule has 0 unspecified atom stereocenters. The first-order valence-electron chi connectivity index (χ1n) is 6.12. The Hall–Kier alpha value is -0.770. The van der Waals surface area contributed by atoms with E-state index in [9.17, 15) is 4.79 Å². The fourth-order valence-electron chi connectivity index (χ4n) is 3.01. The standard InChI is InChI=1S/C12H22N2O2/c1-12(2,3)16-11(15)14-9-6-7-4-5-8(9)10(7)13/h7-10H,4-6,13H2,1-3H3,(H,14,15)/t7-,8-,9-,10+/m1/s1. The summed E-state index contributed by atoms with van der Waals surface area (Å²) in [5.74, 6) is 1.06. The molecule has 2 rings (SSSR count). The molecule has 2 aliphatic carbocycles. The fraction of sp³-hybridized carbons (Fsp3) is 0.917. The number of ether oxygens (including phenoxy) is 1. The highest BCUT2D eigenvalue weighted by Gasteiger charge is 2.46. The van der Waals surface area contributed by atoms with Crippen LogP contribution in [0.3, 0.4) is 0 Å². The summed E-state index contributed by atoms with van der Waals surface area (Å²) < 4.78 is 5.25. The van der Waals surface area contributed by atoms with E-state index in [0.29, 0.717) is 11.8 Å². The van der Waals surface area contributed by atoms with Crippen LogP contribution in [0.2, 0.25) is 0 Å². The molecule has 0 aliphatic heterocycles. The number of carbonyl (C=O) groups excluding carboxylic acids is 1. The third-order valence-corrected chi connectivity index (χ3v) is 3.69. The van der Waals surface area contributed by atoms with Crippen LogP contribution in [0.4, 0.5) is 4.79 Å². The van der Waals surface area contributed by atoms with Crippen molar-refractivity contribution in [3.8, 4) is 0 Å². The van der Waals surface area contributed by atoms with E-state index in [4.69, 9.17) is 10.5 Å². The first kappa shape index (κ1) is 11.7. The highest BCUT2D eigenvalue weighted by Crippen LogP contribution is 2.43. The highest BCUT2D eigenvalue weighted by atomic mass is 16.6. The lowest BCUT2D eigenvalue weighted by atomic mass is 9.95. The Bertz CT molecular complexity index is 285. The van der Waals surface area contributed by atoms with Crippen LogP contribution in [-0.4, -0.2) is 23.8 Å². The van der Waals surface area contributed by atoms with Crippen LogP contribution < -0.4 is 11.1 Å². The van der Waals surface area contributed by atoms with Gasteiger partial charge in [-0.15, -0.1) is 0 Å². The summed E-state index contributed by atoms with van der Waals surface area (Å²) in [6, 6.07) is 0.503. The second-order valence-corrected chi connectivity index (χ2v) is 6.07. The van der Waals surface area contributed by atoms with E-state index in [1.54, 1.807) is 0 Å². The van der Waals surface area contributed by atoms with Gasteiger partial charge in [-0.05, 0) is 51.9 Å². The van der Waals surface area contributed by atoms with Crippen LogP contribution in [-0.2, 0) is 4.74 Å². The molecule has 0 radical (unpaired) electrons. The molecule has 4 nitrogen and oxygen atoms in total. The van der Waals surface area contributed by atoms with Gasteiger partial charge in [-0.25, -0.2) is 4.79 Å². The summed E-state index contributed by atoms with van der Waals surface area (Å²) >= 11 is 0. The number of amides is 1. The van der Waals surface area contributed by atoms with Crippen LogP contribution in [0, 0.1) is 11.8 Å². The maximum atomic E-state index is 11.6. The minimum atomic E-state index is -0.427. The predicted octanol–water partition coefficient (Wildman–Crippen LogP) is 1.64. The Kier molecular flexibility index (Phi) is 2.86. The maximum absolute atomic E-state index is 11.6. The third kappa shape index (κ3) is 2.32. The Morgan fingerprint density at radius 1 is 1.38 bits per heavy atom. The molecule has 2 fully saturated rings. The van der Waals surface area contributed by atoms with Crippen molar-refractivity contribution in [3.05, 3.63) is 0 Å². The van der Waals surface area contributed by atoms with E-state index >= 15 is 0 Å². The highest BCUT2D eigenvalue weighted by molar-refractivity contribution is 5.68. The first-order chi connectivity index (χ1) is 7.37. The average molecular weight is 226 g/mol. The molecule has 2 bridgehead atoms. The van der Waals surface area contributed by atoms with Gasteiger partial charge in [0, 0.05) is 12.1 Å². The number of alkyl carbamates (subject to hydrolysis) is 1. The van der Waals surface area contributed by atoms with Crippen molar-refractivity contribution in [2.24, 2.45) is 17.6 Å². The van der Waals surface area contributed by atoms with Crippen LogP contribution in [0.25, 0.3) is 0 Å². The molecular weight excluding hydrogens is 204 g/mol. The van der Waals surface area contributed by atoms with Gasteiger partial charge in [0.05, 0.1) is 0 Å². The summed E-state index contributed by atoms with van der Waals surface area (Å²) in [7, 11) is 0. The van der Waals surface area contributed by atoms with Crippen LogP contribution in [0.1, 0.15) is 40.0 Å². The topological polar surface area (TPSA) is 64.3 Å². The second kappa shape index (κ2) is 3.91. The lowest BCUT2D eigenvalue weighted by molar-refractivity contribution is 0.0487. The first-order valence-corrected chi connectivity index (χ1v) is 6.12. The van der Waals surface area contributed by atoms with Crippen LogP contribution >= 0.6 is 0 Å². The van der Waals surface area contributed by atoms with Crippen molar-refractivity contribution in [2.75, 3.05) is 0 Å². The molecule has 4 atom stereocenters. The number of fused-ring (bicyclic) bond motifs is 2. The molecule has 2 aliphatic rings. The van der Waals surface area contributed by atoms with Gasteiger partial charge >= 0.3 is 6.09 Å². The minimum absolute atomic E-state index is 0.226. The molecule has 0 aromatic rings. The lowest BCUT2D eigenvalue weighted by Gasteiger charge is -2.26. The number of hydrogen-bond acceptors (Lipinski definition) is 3. The number of nitrogens with two attached hydrogens (primary N) is 1. The number of hydrogen-bond donors (Lipinski definition) is 2. The quantitative estimate of drug-likeness (QED) is 0.714. The SMILES string of the molecule is CC(C)(C)OC(=O)N[C@@H]1C[C@H]2CC[C@H]1[C@H]2N. The van der Waals surface area contributed by atoms with Crippen molar-refractivity contribution in [2.45, 2.75) is 57.7 Å². The molecule has 16 heavy (non-hydrogen) atoms. The largest absolute Gasteiger partial charge is 0.444 e. The molecule has 0 saturated heterocycles. The van der Waals surface area contributed by atoms with E-state index in [1.165, 1.54) is 6.42 Å². The molecular formula is C12H22N2O2. The zero-order valence-corrected chi connectivity index (χ0v) is 10.3. The summed E-state index contributed by atoms with van der Waals surface area (Å²) in [6.45, 7) is 5.62. The van der Waals surface area contributed by atoms with Gasteiger partial charge < -0.3 is 15.8 Å². The zero-order valence-electron chi connectivity index (χ0n) is 10.3. The minimum Gasteiger partial charge on any atom is -0.444 e. The molecule has 4 heteroatoms. The summed E-state index contributed by atoms with van der Waals surface area (Å²) in [4.78, 5) is 11.6. The van der Waals surface area contributed by atoms with E-state index in [-0.39, 0.29) is 18.2 Å². The Balaban J connectivity index is 1.85.